The Bertz CT molecular complexity index is 664. The van der Waals surface area contributed by atoms with Gasteiger partial charge in [0.1, 0.15) is 5.69 Å². The topological polar surface area (TPSA) is 67.2 Å². The Balaban J connectivity index is 0.00000192. The number of benzene rings is 1. The molecule has 1 aromatic heterocycles. The fourth-order valence-electron chi connectivity index (χ4n) is 2.34. The van der Waals surface area contributed by atoms with Crippen LogP contribution < -0.4 is 10.6 Å². The zero-order valence-corrected chi connectivity index (χ0v) is 12.9. The van der Waals surface area contributed by atoms with Crippen molar-refractivity contribution in [2.24, 2.45) is 0 Å². The quantitative estimate of drug-likeness (QED) is 0.894. The molecule has 0 spiro atoms. The third-order valence-electron chi connectivity index (χ3n) is 3.49. The van der Waals surface area contributed by atoms with Crippen LogP contribution in [-0.4, -0.2) is 29.6 Å². The van der Waals surface area contributed by atoms with Gasteiger partial charge in [-0.25, -0.2) is 8.78 Å². The zero-order chi connectivity index (χ0) is 15.6. The number of rotatable bonds is 4. The van der Waals surface area contributed by atoms with Gasteiger partial charge in [-0.1, -0.05) is 35.5 Å². The van der Waals surface area contributed by atoms with Gasteiger partial charge in [-0.2, -0.15) is 0 Å². The molecule has 2 heterocycles. The fraction of sp³-hybridized carbons (Fsp3) is 0.333. The lowest BCUT2D eigenvalue weighted by atomic mass is 10.1. The second-order valence-corrected chi connectivity index (χ2v) is 5.26. The molecular formula is C15H16ClF2N3O2. The van der Waals surface area contributed by atoms with E-state index in [2.05, 4.69) is 15.8 Å². The van der Waals surface area contributed by atoms with Crippen molar-refractivity contribution in [2.75, 3.05) is 6.54 Å². The summed E-state index contributed by atoms with van der Waals surface area (Å²) in [4.78, 5) is 11.8. The van der Waals surface area contributed by atoms with E-state index in [1.165, 1.54) is 0 Å². The van der Waals surface area contributed by atoms with Crippen molar-refractivity contribution in [2.45, 2.75) is 24.9 Å². The predicted molar refractivity (Wildman–Crippen MR) is 82.4 cm³/mol. The summed E-state index contributed by atoms with van der Waals surface area (Å²) in [5.74, 6) is -2.82. The first-order chi connectivity index (χ1) is 10.5. The van der Waals surface area contributed by atoms with Crippen molar-refractivity contribution in [1.82, 2.24) is 15.8 Å². The monoisotopic (exact) mass is 343 g/mol. The molecular weight excluding hydrogens is 328 g/mol. The Kier molecular flexibility index (Phi) is 5.33. The van der Waals surface area contributed by atoms with Gasteiger partial charge in [0.15, 0.2) is 5.76 Å². The average Bonchev–Trinajstić information content (AvgIpc) is 3.12. The highest BCUT2D eigenvalue weighted by atomic mass is 35.5. The van der Waals surface area contributed by atoms with E-state index >= 15 is 0 Å². The Hall–Kier alpha value is -1.99. The maximum Gasteiger partial charge on any atom is 0.262 e. The zero-order valence-electron chi connectivity index (χ0n) is 12.1. The third-order valence-corrected chi connectivity index (χ3v) is 3.49. The second-order valence-electron chi connectivity index (χ2n) is 5.26. The Morgan fingerprint density at radius 2 is 2.13 bits per heavy atom. The molecule has 1 unspecified atom stereocenters. The first-order valence-electron chi connectivity index (χ1n) is 6.93. The number of amides is 1. The lowest BCUT2D eigenvalue weighted by Gasteiger charge is -2.09. The van der Waals surface area contributed by atoms with E-state index in [1.54, 1.807) is 6.07 Å². The smallest absolute Gasteiger partial charge is 0.262 e. The average molecular weight is 344 g/mol. The summed E-state index contributed by atoms with van der Waals surface area (Å²) in [7, 11) is 0. The number of nitrogens with one attached hydrogen (secondary N) is 2. The van der Waals surface area contributed by atoms with Crippen LogP contribution in [0.15, 0.2) is 40.9 Å². The summed E-state index contributed by atoms with van der Waals surface area (Å²) in [6.45, 7) is -0.353. The molecule has 8 heteroatoms. The van der Waals surface area contributed by atoms with Crippen LogP contribution in [-0.2, 0) is 11.3 Å². The summed E-state index contributed by atoms with van der Waals surface area (Å²) < 4.78 is 31.2. The molecule has 1 fully saturated rings. The maximum absolute atomic E-state index is 13.0. The number of hydrogen-bond donors (Lipinski definition) is 2. The number of carbonyl (C=O) groups excluding carboxylic acids is 1. The molecule has 2 aromatic rings. The maximum atomic E-state index is 13.0. The van der Waals surface area contributed by atoms with Crippen molar-refractivity contribution in [3.63, 3.8) is 0 Å². The Morgan fingerprint density at radius 3 is 2.78 bits per heavy atom. The minimum Gasteiger partial charge on any atom is -0.359 e. The minimum atomic E-state index is -2.82. The summed E-state index contributed by atoms with van der Waals surface area (Å²) in [6, 6.07) is 10.3. The molecule has 0 saturated carbocycles. The molecule has 23 heavy (non-hydrogen) atoms. The predicted octanol–water partition coefficient (Wildman–Crippen LogP) is 2.38. The van der Waals surface area contributed by atoms with E-state index in [-0.39, 0.29) is 19.0 Å². The van der Waals surface area contributed by atoms with E-state index in [9.17, 15) is 13.6 Å². The highest BCUT2D eigenvalue weighted by Crippen LogP contribution is 2.25. The van der Waals surface area contributed by atoms with Gasteiger partial charge in [-0.3, -0.25) is 10.1 Å². The van der Waals surface area contributed by atoms with Crippen LogP contribution in [0, 0.1) is 0 Å². The second kappa shape index (κ2) is 7.06. The Labute approximate surface area is 137 Å². The summed E-state index contributed by atoms with van der Waals surface area (Å²) in [5.41, 5.74) is 1.57. The first kappa shape index (κ1) is 17.4. The van der Waals surface area contributed by atoms with Gasteiger partial charge in [-0.15, -0.1) is 12.4 Å². The number of halogens is 3. The van der Waals surface area contributed by atoms with Gasteiger partial charge >= 0.3 is 0 Å². The van der Waals surface area contributed by atoms with E-state index in [4.69, 9.17) is 4.52 Å². The van der Waals surface area contributed by atoms with Crippen LogP contribution in [0.3, 0.4) is 0 Å². The number of aromatic nitrogens is 1. The molecule has 0 radical (unpaired) electrons. The van der Waals surface area contributed by atoms with Crippen molar-refractivity contribution in [3.8, 4) is 11.3 Å². The molecule has 2 N–H and O–H groups in total. The molecule has 1 amide bonds. The number of hydrogen-bond acceptors (Lipinski definition) is 4. The molecule has 1 aliphatic heterocycles. The number of nitrogens with zero attached hydrogens (tertiary/aromatic N) is 1. The summed E-state index contributed by atoms with van der Waals surface area (Å²) in [6.07, 6.45) is -0.482. The van der Waals surface area contributed by atoms with Crippen LogP contribution in [0.2, 0.25) is 0 Å². The molecule has 1 saturated heterocycles. The van der Waals surface area contributed by atoms with Gasteiger partial charge in [-0.05, 0) is 0 Å². The summed E-state index contributed by atoms with van der Waals surface area (Å²) >= 11 is 0. The lowest BCUT2D eigenvalue weighted by molar-refractivity contribution is -0.123. The molecule has 3 rings (SSSR count). The largest absolute Gasteiger partial charge is 0.359 e. The van der Waals surface area contributed by atoms with Gasteiger partial charge in [0.25, 0.3) is 5.92 Å². The number of carbonyl (C=O) groups is 1. The highest BCUT2D eigenvalue weighted by molar-refractivity contribution is 5.85. The van der Waals surface area contributed by atoms with E-state index in [0.717, 1.165) is 5.56 Å². The standard InChI is InChI=1S/C15H15F2N3O2.ClH/c16-15(17)7-13(19-9-15)14(21)18-8-11-6-12(20-22-11)10-4-2-1-3-5-10;/h1-6,13,19H,7-9H2,(H,18,21);1H. The molecule has 0 bridgehead atoms. The molecule has 1 aliphatic rings. The molecule has 124 valence electrons. The molecule has 1 atom stereocenters. The van der Waals surface area contributed by atoms with Gasteiger partial charge in [0.05, 0.1) is 19.1 Å². The van der Waals surface area contributed by atoms with Crippen molar-refractivity contribution in [1.29, 1.82) is 0 Å². The van der Waals surface area contributed by atoms with Crippen LogP contribution in [0.25, 0.3) is 11.3 Å². The molecule has 0 aliphatic carbocycles. The van der Waals surface area contributed by atoms with Gasteiger partial charge < -0.3 is 9.84 Å². The molecule has 1 aromatic carbocycles. The van der Waals surface area contributed by atoms with Crippen molar-refractivity contribution < 1.29 is 18.1 Å². The highest BCUT2D eigenvalue weighted by Gasteiger charge is 2.42. The summed E-state index contributed by atoms with van der Waals surface area (Å²) in [5, 5.41) is 9.00. The number of alkyl halides is 2. The Morgan fingerprint density at radius 1 is 1.39 bits per heavy atom. The van der Waals surface area contributed by atoms with Crippen LogP contribution in [0.1, 0.15) is 12.2 Å². The third kappa shape index (κ3) is 4.27. The van der Waals surface area contributed by atoms with Crippen LogP contribution >= 0.6 is 12.4 Å². The SMILES string of the molecule is Cl.O=C(NCc1cc(-c2ccccc2)no1)C1CC(F)(F)CN1. The van der Waals surface area contributed by atoms with Crippen LogP contribution in [0.5, 0.6) is 0 Å². The minimum absolute atomic E-state index is 0. The van der Waals surface area contributed by atoms with Crippen molar-refractivity contribution >= 4 is 18.3 Å². The molecule has 5 nitrogen and oxygen atoms in total. The van der Waals surface area contributed by atoms with Crippen molar-refractivity contribution in [3.05, 3.63) is 42.2 Å². The van der Waals surface area contributed by atoms with E-state index < -0.39 is 30.8 Å². The van der Waals surface area contributed by atoms with Gasteiger partial charge in [0.2, 0.25) is 5.91 Å². The first-order valence-corrected chi connectivity index (χ1v) is 6.93. The van der Waals surface area contributed by atoms with E-state index in [0.29, 0.717) is 11.5 Å². The van der Waals surface area contributed by atoms with Crippen LogP contribution in [0.4, 0.5) is 8.78 Å². The van der Waals surface area contributed by atoms with E-state index in [1.807, 2.05) is 30.3 Å². The fourth-order valence-corrected chi connectivity index (χ4v) is 2.34. The normalized spacial score (nSPS) is 19.1. The van der Waals surface area contributed by atoms with Gasteiger partial charge in [0, 0.05) is 18.1 Å². The lowest BCUT2D eigenvalue weighted by Crippen LogP contribution is -2.39.